The van der Waals surface area contributed by atoms with E-state index in [1.807, 2.05) is 5.38 Å². The highest BCUT2D eigenvalue weighted by Crippen LogP contribution is 2.33. The van der Waals surface area contributed by atoms with Crippen LogP contribution in [0.1, 0.15) is 28.7 Å². The van der Waals surface area contributed by atoms with Crippen molar-refractivity contribution in [1.29, 1.82) is 0 Å². The molecule has 1 aromatic carbocycles. The lowest BCUT2D eigenvalue weighted by atomic mass is 10.0. The van der Waals surface area contributed by atoms with Crippen LogP contribution in [-0.2, 0) is 20.9 Å². The maximum Gasteiger partial charge on any atom is 0.335 e. The van der Waals surface area contributed by atoms with Crippen molar-refractivity contribution >= 4 is 52.4 Å². The number of furan rings is 1. The van der Waals surface area contributed by atoms with Crippen LogP contribution >= 0.6 is 22.9 Å². The Hall–Kier alpha value is -3.76. The maximum atomic E-state index is 13.2. The predicted molar refractivity (Wildman–Crippen MR) is 123 cm³/mol. The van der Waals surface area contributed by atoms with Gasteiger partial charge in [-0.05, 0) is 41.3 Å². The van der Waals surface area contributed by atoms with Gasteiger partial charge >= 0.3 is 17.8 Å². The molecule has 3 aromatic rings. The summed E-state index contributed by atoms with van der Waals surface area (Å²) in [7, 11) is 0. The molecule has 2 aromatic heterocycles. The molecule has 9 nitrogen and oxygen atoms in total. The van der Waals surface area contributed by atoms with Crippen molar-refractivity contribution in [2.45, 2.75) is 19.0 Å². The highest BCUT2D eigenvalue weighted by molar-refractivity contribution is 7.09. The first-order valence-electron chi connectivity index (χ1n) is 10.3. The minimum atomic E-state index is -1.04. The molecule has 34 heavy (non-hydrogen) atoms. The molecular weight excluding hydrogens is 480 g/mol. The molecule has 0 bridgehead atoms. The zero-order valence-electron chi connectivity index (χ0n) is 17.6. The van der Waals surface area contributed by atoms with E-state index in [4.69, 9.17) is 16.0 Å². The number of urea groups is 1. The second-order valence-electron chi connectivity index (χ2n) is 7.67. The average Bonchev–Trinajstić information content (AvgIpc) is 3.62. The fourth-order valence-electron chi connectivity index (χ4n) is 3.85. The van der Waals surface area contributed by atoms with Crippen LogP contribution in [0.15, 0.2) is 69.7 Å². The number of hydrazone groups is 1. The van der Waals surface area contributed by atoms with Crippen molar-refractivity contribution < 1.29 is 23.6 Å². The van der Waals surface area contributed by atoms with E-state index in [0.29, 0.717) is 27.8 Å². The fourth-order valence-corrected chi connectivity index (χ4v) is 4.67. The Kier molecular flexibility index (Phi) is 5.76. The molecule has 172 valence electrons. The Morgan fingerprint density at radius 1 is 1.06 bits per heavy atom. The van der Waals surface area contributed by atoms with E-state index in [0.717, 1.165) is 15.3 Å². The van der Waals surface area contributed by atoms with E-state index in [1.165, 1.54) is 22.6 Å². The average molecular weight is 497 g/mol. The fraction of sp³-hybridized carbons (Fsp3) is 0.174. The summed E-state index contributed by atoms with van der Waals surface area (Å²) in [6, 6.07) is 12.6. The van der Waals surface area contributed by atoms with Gasteiger partial charge in [0.2, 0.25) is 0 Å². The Labute approximate surface area is 202 Å². The molecule has 0 N–H and O–H groups in total. The SMILES string of the molecule is O=C1C(=O)N(Cc2cccs2)C(=O)N1CC(=O)N1N=C(c2ccc(Cl)cc2)C[C@@H]1c1ccco1. The summed E-state index contributed by atoms with van der Waals surface area (Å²) < 4.78 is 5.51. The zero-order valence-corrected chi connectivity index (χ0v) is 19.2. The number of rotatable bonds is 6. The molecule has 5 amide bonds. The van der Waals surface area contributed by atoms with Gasteiger partial charge in [-0.25, -0.2) is 14.7 Å². The van der Waals surface area contributed by atoms with Crippen molar-refractivity contribution in [3.8, 4) is 0 Å². The van der Waals surface area contributed by atoms with E-state index in [9.17, 15) is 19.2 Å². The Morgan fingerprint density at radius 3 is 2.50 bits per heavy atom. The van der Waals surface area contributed by atoms with Crippen molar-refractivity contribution in [2.75, 3.05) is 6.54 Å². The van der Waals surface area contributed by atoms with Crippen LogP contribution in [0.2, 0.25) is 5.02 Å². The Bertz CT molecular complexity index is 1290. The van der Waals surface area contributed by atoms with Crippen LogP contribution in [0.3, 0.4) is 0 Å². The van der Waals surface area contributed by atoms with Crippen LogP contribution in [0.5, 0.6) is 0 Å². The number of halogens is 1. The molecule has 0 aliphatic carbocycles. The lowest BCUT2D eigenvalue weighted by Gasteiger charge is -2.22. The van der Waals surface area contributed by atoms with E-state index >= 15 is 0 Å². The van der Waals surface area contributed by atoms with Gasteiger partial charge in [0.25, 0.3) is 5.91 Å². The summed E-state index contributed by atoms with van der Waals surface area (Å²) >= 11 is 7.34. The summed E-state index contributed by atoms with van der Waals surface area (Å²) in [5.74, 6) is -2.10. The molecule has 0 spiro atoms. The normalized spacial score (nSPS) is 18.3. The van der Waals surface area contributed by atoms with Gasteiger partial charge in [0.05, 0.1) is 18.5 Å². The van der Waals surface area contributed by atoms with Gasteiger partial charge < -0.3 is 4.42 Å². The highest BCUT2D eigenvalue weighted by atomic mass is 35.5. The van der Waals surface area contributed by atoms with Crippen LogP contribution in [-0.4, -0.2) is 50.8 Å². The minimum absolute atomic E-state index is 0.0244. The van der Waals surface area contributed by atoms with Crippen LogP contribution < -0.4 is 0 Å². The molecule has 0 radical (unpaired) electrons. The monoisotopic (exact) mass is 496 g/mol. The van der Waals surface area contributed by atoms with Gasteiger partial charge in [0.1, 0.15) is 18.3 Å². The number of thiophene rings is 1. The molecule has 11 heteroatoms. The summed E-state index contributed by atoms with van der Waals surface area (Å²) in [5, 5.41) is 8.05. The van der Waals surface area contributed by atoms with Gasteiger partial charge in [-0.1, -0.05) is 29.8 Å². The first-order chi connectivity index (χ1) is 16.4. The van der Waals surface area contributed by atoms with E-state index < -0.39 is 36.3 Å². The zero-order chi connectivity index (χ0) is 23.8. The molecule has 0 saturated carbocycles. The van der Waals surface area contributed by atoms with E-state index in [-0.39, 0.29) is 6.54 Å². The maximum absolute atomic E-state index is 13.2. The van der Waals surface area contributed by atoms with Crippen molar-refractivity contribution in [3.63, 3.8) is 0 Å². The van der Waals surface area contributed by atoms with E-state index in [2.05, 4.69) is 5.10 Å². The van der Waals surface area contributed by atoms with Gasteiger partial charge in [0, 0.05) is 16.3 Å². The molecule has 4 heterocycles. The summed E-state index contributed by atoms with van der Waals surface area (Å²) in [6.45, 7) is -0.637. The molecule has 5 rings (SSSR count). The smallest absolute Gasteiger partial charge is 0.335 e. The molecule has 1 fully saturated rings. The first-order valence-corrected chi connectivity index (χ1v) is 11.6. The van der Waals surface area contributed by atoms with Gasteiger partial charge in [-0.3, -0.25) is 19.3 Å². The van der Waals surface area contributed by atoms with Crippen LogP contribution in [0.4, 0.5) is 4.79 Å². The topological polar surface area (TPSA) is 104 Å². The molecule has 1 atom stereocenters. The van der Waals surface area contributed by atoms with E-state index in [1.54, 1.807) is 48.5 Å². The number of carbonyl (C=O) groups is 4. The third-order valence-corrected chi connectivity index (χ3v) is 6.65. The molecule has 0 unspecified atom stereocenters. The third kappa shape index (κ3) is 4.02. The van der Waals surface area contributed by atoms with Crippen LogP contribution in [0.25, 0.3) is 0 Å². The Balaban J connectivity index is 1.38. The summed E-state index contributed by atoms with van der Waals surface area (Å²) in [5.41, 5.74) is 1.41. The predicted octanol–water partition coefficient (Wildman–Crippen LogP) is 3.66. The largest absolute Gasteiger partial charge is 0.467 e. The number of benzene rings is 1. The quantitative estimate of drug-likeness (QED) is 0.382. The second kappa shape index (κ2) is 8.88. The summed E-state index contributed by atoms with van der Waals surface area (Å²) in [4.78, 5) is 53.2. The van der Waals surface area contributed by atoms with Gasteiger partial charge in [-0.15, -0.1) is 11.3 Å². The third-order valence-electron chi connectivity index (χ3n) is 5.54. The van der Waals surface area contributed by atoms with Crippen molar-refractivity contribution in [2.24, 2.45) is 5.10 Å². The lowest BCUT2D eigenvalue weighted by molar-refractivity contribution is -0.145. The molecule has 2 aliphatic rings. The van der Waals surface area contributed by atoms with Crippen molar-refractivity contribution in [1.82, 2.24) is 14.8 Å². The molecule has 2 aliphatic heterocycles. The number of nitrogens with zero attached hydrogens (tertiary/aromatic N) is 4. The van der Waals surface area contributed by atoms with Gasteiger partial charge in [-0.2, -0.15) is 5.10 Å². The van der Waals surface area contributed by atoms with Crippen LogP contribution in [0, 0.1) is 0 Å². The first kappa shape index (κ1) is 22.1. The number of carbonyl (C=O) groups excluding carboxylic acids is 4. The standard InChI is InChI=1S/C23H17ClN4O5S/c24-15-7-5-14(6-8-15)17-11-18(19-4-1-9-33-19)28(25-17)20(29)13-27-22(31)21(30)26(23(27)32)12-16-3-2-10-34-16/h1-10,18H,11-13H2/t18-/m1/s1. The highest BCUT2D eigenvalue weighted by Gasteiger charge is 2.46. The number of imide groups is 2. The summed E-state index contributed by atoms with van der Waals surface area (Å²) in [6.07, 6.45) is 1.86. The number of hydrogen-bond donors (Lipinski definition) is 0. The minimum Gasteiger partial charge on any atom is -0.467 e. The van der Waals surface area contributed by atoms with Gasteiger partial charge in [0.15, 0.2) is 0 Å². The number of amides is 5. The second-order valence-corrected chi connectivity index (χ2v) is 9.14. The molecule has 1 saturated heterocycles. The number of hydrogen-bond acceptors (Lipinski definition) is 7. The Morgan fingerprint density at radius 2 is 1.82 bits per heavy atom. The lowest BCUT2D eigenvalue weighted by Crippen LogP contribution is -2.41. The molecular formula is C23H17ClN4O5S. The van der Waals surface area contributed by atoms with Crippen molar-refractivity contribution in [3.05, 3.63) is 81.4 Å².